The fourth-order valence-corrected chi connectivity index (χ4v) is 4.27. The summed E-state index contributed by atoms with van der Waals surface area (Å²) >= 11 is 6.18. The molecule has 1 saturated heterocycles. The smallest absolute Gasteiger partial charge is 0.410 e. The van der Waals surface area contributed by atoms with E-state index in [1.54, 1.807) is 12.1 Å². The number of ether oxygens (including phenoxy) is 1. The van der Waals surface area contributed by atoms with Gasteiger partial charge in [-0.05, 0) is 51.8 Å². The number of hydrogen-bond donors (Lipinski definition) is 2. The van der Waals surface area contributed by atoms with Crippen molar-refractivity contribution in [3.63, 3.8) is 0 Å². The lowest BCUT2D eigenvalue weighted by Crippen LogP contribution is -2.41. The average Bonchev–Trinajstić information content (AvgIpc) is 2.84. The van der Waals surface area contributed by atoms with Crippen LogP contribution in [0, 0.1) is 0 Å². The average molecular weight is 433 g/mol. The first-order chi connectivity index (χ1) is 14.2. The standard InChI is InChI=1S/C21H25ClN4O4/c1-21(2,3)30-20(29)25-8-4-5-15(16(27)10-25)26-14-7-6-12(22)9-13(14)17-18(26)19(28)24-11-23-17/h6-7,9,11,15-16,27H,4-5,8,10H2,1-3H3,(H,23,24,28)/t15?,16-/m1/s1. The summed E-state index contributed by atoms with van der Waals surface area (Å²) < 4.78 is 7.31. The molecule has 2 aromatic heterocycles. The zero-order valence-electron chi connectivity index (χ0n) is 17.2. The van der Waals surface area contributed by atoms with Gasteiger partial charge in [0, 0.05) is 17.0 Å². The van der Waals surface area contributed by atoms with Crippen LogP contribution in [0.5, 0.6) is 0 Å². The molecule has 1 unspecified atom stereocenters. The molecule has 9 heteroatoms. The molecule has 2 N–H and O–H groups in total. The number of aliphatic hydroxyl groups is 1. The topological polar surface area (TPSA) is 100 Å². The van der Waals surface area contributed by atoms with Crippen molar-refractivity contribution in [2.45, 2.75) is 51.4 Å². The van der Waals surface area contributed by atoms with Gasteiger partial charge in [0.2, 0.25) is 0 Å². The number of likely N-dealkylation sites (tertiary alicyclic amines) is 1. The minimum atomic E-state index is -0.880. The first kappa shape index (κ1) is 20.7. The van der Waals surface area contributed by atoms with Gasteiger partial charge < -0.3 is 24.3 Å². The molecule has 0 bridgehead atoms. The van der Waals surface area contributed by atoms with E-state index in [9.17, 15) is 14.7 Å². The number of nitrogens with zero attached hydrogens (tertiary/aromatic N) is 3. The molecule has 0 aliphatic carbocycles. The predicted octanol–water partition coefficient (Wildman–Crippen LogP) is 3.46. The van der Waals surface area contributed by atoms with Crippen molar-refractivity contribution >= 4 is 39.6 Å². The van der Waals surface area contributed by atoms with Gasteiger partial charge >= 0.3 is 6.09 Å². The number of aromatic amines is 1. The summed E-state index contributed by atoms with van der Waals surface area (Å²) in [5.41, 5.74) is 0.807. The molecular weight excluding hydrogens is 408 g/mol. The second kappa shape index (κ2) is 7.59. The Hall–Kier alpha value is -2.58. The van der Waals surface area contributed by atoms with Crippen LogP contribution in [0.25, 0.3) is 21.9 Å². The Balaban J connectivity index is 1.77. The summed E-state index contributed by atoms with van der Waals surface area (Å²) in [6.07, 6.45) is 1.29. The van der Waals surface area contributed by atoms with Crippen LogP contribution in [0.3, 0.4) is 0 Å². The highest BCUT2D eigenvalue weighted by Crippen LogP contribution is 2.34. The number of fused-ring (bicyclic) bond motifs is 3. The van der Waals surface area contributed by atoms with Crippen molar-refractivity contribution in [1.82, 2.24) is 19.4 Å². The molecule has 2 atom stereocenters. The van der Waals surface area contributed by atoms with E-state index in [0.29, 0.717) is 35.4 Å². The van der Waals surface area contributed by atoms with Crippen LogP contribution in [-0.4, -0.2) is 55.4 Å². The zero-order chi connectivity index (χ0) is 21.6. The monoisotopic (exact) mass is 432 g/mol. The Morgan fingerprint density at radius 2 is 2.13 bits per heavy atom. The molecule has 160 valence electrons. The molecule has 4 rings (SSSR count). The maximum atomic E-state index is 12.7. The normalized spacial score (nSPS) is 20.5. The van der Waals surface area contributed by atoms with Crippen LogP contribution in [0.1, 0.15) is 39.7 Å². The van der Waals surface area contributed by atoms with Gasteiger partial charge in [0.1, 0.15) is 16.6 Å². The largest absolute Gasteiger partial charge is 0.444 e. The van der Waals surface area contributed by atoms with Gasteiger partial charge in [0.15, 0.2) is 0 Å². The van der Waals surface area contributed by atoms with E-state index in [4.69, 9.17) is 16.3 Å². The highest BCUT2D eigenvalue weighted by Gasteiger charge is 2.33. The Morgan fingerprint density at radius 3 is 2.87 bits per heavy atom. The Kier molecular flexibility index (Phi) is 5.23. The second-order valence-electron chi connectivity index (χ2n) is 8.66. The van der Waals surface area contributed by atoms with Crippen molar-refractivity contribution in [1.29, 1.82) is 0 Å². The van der Waals surface area contributed by atoms with Gasteiger partial charge in [-0.1, -0.05) is 11.6 Å². The van der Waals surface area contributed by atoms with E-state index in [1.807, 2.05) is 31.4 Å². The lowest BCUT2D eigenvalue weighted by atomic mass is 10.1. The van der Waals surface area contributed by atoms with Gasteiger partial charge in [-0.15, -0.1) is 0 Å². The zero-order valence-corrected chi connectivity index (χ0v) is 17.9. The number of halogens is 1. The number of H-pyrrole nitrogens is 1. The number of carbonyl (C=O) groups is 1. The van der Waals surface area contributed by atoms with Crippen molar-refractivity contribution in [3.8, 4) is 0 Å². The number of hydrogen-bond acceptors (Lipinski definition) is 5. The van der Waals surface area contributed by atoms with Gasteiger partial charge in [-0.2, -0.15) is 0 Å². The summed E-state index contributed by atoms with van der Waals surface area (Å²) in [4.78, 5) is 33.7. The SMILES string of the molecule is CC(C)(C)OC(=O)N1CCCC(n2c3ccc(Cl)cc3c3nc[nH]c(=O)c32)[C@H](O)C1. The van der Waals surface area contributed by atoms with E-state index >= 15 is 0 Å². The molecule has 1 amide bonds. The van der Waals surface area contributed by atoms with Crippen molar-refractivity contribution in [2.75, 3.05) is 13.1 Å². The van der Waals surface area contributed by atoms with Crippen LogP contribution in [0.15, 0.2) is 29.3 Å². The third-order valence-electron chi connectivity index (χ3n) is 5.31. The molecule has 8 nitrogen and oxygen atoms in total. The molecule has 1 aliphatic rings. The maximum Gasteiger partial charge on any atom is 0.410 e. The quantitative estimate of drug-likeness (QED) is 0.613. The molecule has 0 spiro atoms. The number of nitrogens with one attached hydrogen (secondary N) is 1. The molecule has 1 fully saturated rings. The molecular formula is C21H25ClN4O4. The molecule has 1 aromatic carbocycles. The third-order valence-corrected chi connectivity index (χ3v) is 5.54. The Bertz CT molecular complexity index is 1160. The van der Waals surface area contributed by atoms with Crippen LogP contribution in [-0.2, 0) is 4.74 Å². The van der Waals surface area contributed by atoms with Crippen molar-refractivity contribution in [3.05, 3.63) is 39.9 Å². The predicted molar refractivity (Wildman–Crippen MR) is 115 cm³/mol. The van der Waals surface area contributed by atoms with Gasteiger partial charge in [0.05, 0.1) is 30.5 Å². The molecule has 3 aromatic rings. The lowest BCUT2D eigenvalue weighted by Gasteiger charge is -2.28. The molecule has 3 heterocycles. The fraction of sp³-hybridized carbons (Fsp3) is 0.476. The highest BCUT2D eigenvalue weighted by atomic mass is 35.5. The number of benzene rings is 1. The van der Waals surface area contributed by atoms with E-state index < -0.39 is 23.8 Å². The first-order valence-electron chi connectivity index (χ1n) is 9.98. The number of β-amino-alcohol motifs (C(OH)–C–C–N with tert-alkyl or cyclic N) is 1. The minimum absolute atomic E-state index is 0.118. The highest BCUT2D eigenvalue weighted by molar-refractivity contribution is 6.31. The van der Waals surface area contributed by atoms with E-state index in [-0.39, 0.29) is 12.1 Å². The maximum absolute atomic E-state index is 12.7. The van der Waals surface area contributed by atoms with E-state index in [2.05, 4.69) is 9.97 Å². The lowest BCUT2D eigenvalue weighted by molar-refractivity contribution is 0.0142. The molecule has 0 saturated carbocycles. The second-order valence-corrected chi connectivity index (χ2v) is 9.10. The number of carbonyl (C=O) groups excluding carboxylic acids is 1. The van der Waals surface area contributed by atoms with Crippen LogP contribution < -0.4 is 5.56 Å². The Labute approximate surface area is 178 Å². The summed E-state index contributed by atoms with van der Waals surface area (Å²) in [7, 11) is 0. The van der Waals surface area contributed by atoms with E-state index in [1.165, 1.54) is 11.2 Å². The Morgan fingerprint density at radius 1 is 1.37 bits per heavy atom. The van der Waals surface area contributed by atoms with Crippen LogP contribution >= 0.6 is 11.6 Å². The van der Waals surface area contributed by atoms with Crippen LogP contribution in [0.2, 0.25) is 5.02 Å². The van der Waals surface area contributed by atoms with Crippen molar-refractivity contribution in [2.24, 2.45) is 0 Å². The summed E-state index contributed by atoms with van der Waals surface area (Å²) in [6, 6.07) is 4.97. The third kappa shape index (κ3) is 3.77. The fourth-order valence-electron chi connectivity index (χ4n) is 4.10. The van der Waals surface area contributed by atoms with E-state index in [0.717, 1.165) is 10.9 Å². The van der Waals surface area contributed by atoms with Gasteiger partial charge in [-0.25, -0.2) is 9.78 Å². The first-order valence-corrected chi connectivity index (χ1v) is 10.4. The summed E-state index contributed by atoms with van der Waals surface area (Å²) in [5.74, 6) is 0. The van der Waals surface area contributed by atoms with Gasteiger partial charge in [-0.3, -0.25) is 4.79 Å². The molecule has 0 radical (unpaired) electrons. The van der Waals surface area contributed by atoms with Crippen molar-refractivity contribution < 1.29 is 14.6 Å². The summed E-state index contributed by atoms with van der Waals surface area (Å²) in [6.45, 7) is 6.02. The molecule has 1 aliphatic heterocycles. The summed E-state index contributed by atoms with van der Waals surface area (Å²) in [5, 5.41) is 12.4. The number of aliphatic hydroxyl groups excluding tert-OH is 1. The van der Waals surface area contributed by atoms with Gasteiger partial charge in [0.25, 0.3) is 5.56 Å². The number of rotatable bonds is 1. The number of aromatic nitrogens is 3. The minimum Gasteiger partial charge on any atom is -0.444 e. The molecule has 30 heavy (non-hydrogen) atoms. The van der Waals surface area contributed by atoms with Crippen LogP contribution in [0.4, 0.5) is 4.79 Å². The number of amides is 1.